The molecule has 9 heteroatoms. The van der Waals surface area contributed by atoms with Gasteiger partial charge in [-0.2, -0.15) is 5.01 Å². The molecule has 34 heavy (non-hydrogen) atoms. The largest absolute Gasteiger partial charge is 0.292 e. The van der Waals surface area contributed by atoms with Crippen molar-refractivity contribution in [2.75, 3.05) is 6.54 Å². The van der Waals surface area contributed by atoms with Gasteiger partial charge in [0, 0.05) is 15.2 Å². The van der Waals surface area contributed by atoms with Crippen LogP contribution in [0.5, 0.6) is 0 Å². The molecule has 2 aromatic rings. The maximum absolute atomic E-state index is 13.6. The van der Waals surface area contributed by atoms with Gasteiger partial charge in [0.05, 0.1) is 22.4 Å². The quantitative estimate of drug-likeness (QED) is 0.281. The molecule has 3 fully saturated rings. The van der Waals surface area contributed by atoms with E-state index < -0.39 is 36.1 Å². The zero-order chi connectivity index (χ0) is 24.3. The summed E-state index contributed by atoms with van der Waals surface area (Å²) < 4.78 is 0. The number of amides is 3. The van der Waals surface area contributed by atoms with Crippen molar-refractivity contribution in [1.29, 1.82) is 0 Å². The van der Waals surface area contributed by atoms with E-state index in [4.69, 9.17) is 11.6 Å². The molecule has 0 radical (unpaired) electrons. The molecule has 0 unspecified atom stereocenters. The minimum Gasteiger partial charge on any atom is -0.292 e. The van der Waals surface area contributed by atoms with Crippen molar-refractivity contribution in [3.63, 3.8) is 0 Å². The standard InChI is InChI=1S/C25H21Br2ClN2O4/c1-12-6-8-13(9-7-12)18(31)11-29(23(32)14-4-2-3-5-17(14)28)30-24(33)19-15-10-16(20(19)25(30)34)22(27)21(15)26/h2-9,15-16,19-22H,10-11H2,1H3/t15-,16-,19-,20+,21+,22+/m1/s1. The molecular formula is C25H21Br2ClN2O4. The van der Waals surface area contributed by atoms with E-state index in [0.717, 1.165) is 22.0 Å². The highest BCUT2D eigenvalue weighted by Gasteiger charge is 2.67. The highest BCUT2D eigenvalue weighted by atomic mass is 79.9. The Morgan fingerprint density at radius 1 is 0.971 bits per heavy atom. The fraction of sp³-hybridized carbons (Fsp3) is 0.360. The molecule has 6 atom stereocenters. The number of rotatable bonds is 5. The number of Topliss-reactive ketones (excluding diaryl/α,β-unsaturated/α-hetero) is 1. The number of hydrogen-bond acceptors (Lipinski definition) is 4. The topological polar surface area (TPSA) is 74.8 Å². The minimum absolute atomic E-state index is 0.00843. The Morgan fingerprint density at radius 2 is 1.53 bits per heavy atom. The number of halogens is 3. The van der Waals surface area contributed by atoms with Crippen LogP contribution in [0.1, 0.15) is 32.7 Å². The highest BCUT2D eigenvalue weighted by molar-refractivity contribution is 9.12. The monoisotopic (exact) mass is 606 g/mol. The van der Waals surface area contributed by atoms with Crippen LogP contribution in [0.15, 0.2) is 48.5 Å². The van der Waals surface area contributed by atoms with E-state index in [9.17, 15) is 19.2 Å². The van der Waals surface area contributed by atoms with Crippen LogP contribution in [0.3, 0.4) is 0 Å². The zero-order valence-electron chi connectivity index (χ0n) is 18.2. The molecule has 1 saturated heterocycles. The normalized spacial score (nSPS) is 29.5. The van der Waals surface area contributed by atoms with Gasteiger partial charge in [0.25, 0.3) is 17.7 Å². The zero-order valence-corrected chi connectivity index (χ0v) is 22.1. The van der Waals surface area contributed by atoms with Crippen LogP contribution in [0.25, 0.3) is 0 Å². The van der Waals surface area contributed by atoms with Crippen LogP contribution in [0, 0.1) is 30.6 Å². The van der Waals surface area contributed by atoms with Crippen LogP contribution < -0.4 is 0 Å². The van der Waals surface area contributed by atoms with Gasteiger partial charge in [-0.1, -0.05) is 85.4 Å². The van der Waals surface area contributed by atoms with E-state index in [1.54, 1.807) is 42.5 Å². The first-order valence-corrected chi connectivity index (χ1v) is 13.2. The number of alkyl halides is 2. The van der Waals surface area contributed by atoms with E-state index in [0.29, 0.717) is 5.56 Å². The summed E-state index contributed by atoms with van der Waals surface area (Å²) in [5.41, 5.74) is 1.50. The van der Waals surface area contributed by atoms with Gasteiger partial charge >= 0.3 is 0 Å². The first-order chi connectivity index (χ1) is 16.2. The lowest BCUT2D eigenvalue weighted by molar-refractivity contribution is -0.154. The highest BCUT2D eigenvalue weighted by Crippen LogP contribution is 2.60. The van der Waals surface area contributed by atoms with Crippen molar-refractivity contribution < 1.29 is 19.2 Å². The van der Waals surface area contributed by atoms with Gasteiger partial charge in [-0.25, -0.2) is 5.01 Å². The van der Waals surface area contributed by atoms with Gasteiger partial charge < -0.3 is 0 Å². The van der Waals surface area contributed by atoms with Crippen LogP contribution in [-0.2, 0) is 9.59 Å². The number of nitrogens with zero attached hydrogens (tertiary/aromatic N) is 2. The molecule has 2 aromatic carbocycles. The van der Waals surface area contributed by atoms with Crippen LogP contribution >= 0.6 is 43.5 Å². The maximum Gasteiger partial charge on any atom is 0.274 e. The number of hydrazine groups is 1. The van der Waals surface area contributed by atoms with Gasteiger partial charge in [0.2, 0.25) is 0 Å². The lowest BCUT2D eigenvalue weighted by Crippen LogP contribution is -2.52. The summed E-state index contributed by atoms with van der Waals surface area (Å²) in [7, 11) is 0. The second-order valence-electron chi connectivity index (χ2n) is 9.12. The third-order valence-electron chi connectivity index (χ3n) is 7.21. The number of hydrogen-bond donors (Lipinski definition) is 0. The van der Waals surface area contributed by atoms with E-state index in [1.165, 1.54) is 6.07 Å². The van der Waals surface area contributed by atoms with E-state index in [1.807, 2.05) is 6.92 Å². The molecular weight excluding hydrogens is 588 g/mol. The summed E-state index contributed by atoms with van der Waals surface area (Å²) in [6.07, 6.45) is 0.771. The van der Waals surface area contributed by atoms with Crippen molar-refractivity contribution in [3.05, 3.63) is 70.2 Å². The van der Waals surface area contributed by atoms with Crippen molar-refractivity contribution in [2.24, 2.45) is 23.7 Å². The maximum atomic E-state index is 13.6. The number of carbonyl (C=O) groups excluding carboxylic acids is 4. The summed E-state index contributed by atoms with van der Waals surface area (Å²) in [5.74, 6) is -2.93. The summed E-state index contributed by atoms with van der Waals surface area (Å²) in [4.78, 5) is 54.1. The molecule has 176 valence electrons. The molecule has 2 aliphatic carbocycles. The minimum atomic E-state index is -0.661. The average Bonchev–Trinajstić information content (AvgIpc) is 3.43. The Bertz CT molecular complexity index is 1170. The fourth-order valence-electron chi connectivity index (χ4n) is 5.54. The Balaban J connectivity index is 1.52. The second-order valence-corrected chi connectivity index (χ2v) is 11.6. The number of aryl methyl sites for hydroxylation is 1. The molecule has 2 bridgehead atoms. The predicted molar refractivity (Wildman–Crippen MR) is 134 cm³/mol. The van der Waals surface area contributed by atoms with Crippen molar-refractivity contribution in [1.82, 2.24) is 10.0 Å². The summed E-state index contributed by atoms with van der Waals surface area (Å²) in [6, 6.07) is 13.3. The first-order valence-electron chi connectivity index (χ1n) is 11.0. The van der Waals surface area contributed by atoms with Gasteiger partial charge in [-0.05, 0) is 37.3 Å². The number of imide groups is 1. The van der Waals surface area contributed by atoms with Crippen LogP contribution in [-0.4, -0.2) is 49.7 Å². The smallest absolute Gasteiger partial charge is 0.274 e. The molecule has 0 aromatic heterocycles. The Morgan fingerprint density at radius 3 is 2.09 bits per heavy atom. The predicted octanol–water partition coefficient (Wildman–Crippen LogP) is 4.67. The number of benzene rings is 2. The molecule has 5 rings (SSSR count). The molecule has 0 N–H and O–H groups in total. The lowest BCUT2D eigenvalue weighted by Gasteiger charge is -2.31. The Hall–Kier alpha value is -2.03. The Kier molecular flexibility index (Phi) is 6.19. The molecule has 1 heterocycles. The second kappa shape index (κ2) is 8.88. The molecule has 2 saturated carbocycles. The number of fused-ring (bicyclic) bond motifs is 5. The SMILES string of the molecule is Cc1ccc(C(=O)CN(C(=O)c2ccccc2Cl)N2C(=O)[C@@H]3[C@H]4C[C@@H]([C@H](Br)[C@H]4Br)[C@@H]3C2=O)cc1. The average molecular weight is 609 g/mol. The third-order valence-corrected chi connectivity index (χ3v) is 10.7. The molecule has 6 nitrogen and oxygen atoms in total. The lowest BCUT2D eigenvalue weighted by atomic mass is 9.81. The van der Waals surface area contributed by atoms with E-state index in [2.05, 4.69) is 31.9 Å². The number of carbonyl (C=O) groups is 4. The molecule has 3 amide bonds. The van der Waals surface area contributed by atoms with Crippen LogP contribution in [0.4, 0.5) is 0 Å². The van der Waals surface area contributed by atoms with Gasteiger partial charge in [-0.15, -0.1) is 0 Å². The summed E-state index contributed by atoms with van der Waals surface area (Å²) in [5, 5.41) is 2.08. The van der Waals surface area contributed by atoms with E-state index in [-0.39, 0.29) is 37.9 Å². The molecule has 3 aliphatic rings. The molecule has 0 spiro atoms. The first kappa shape index (κ1) is 23.7. The summed E-state index contributed by atoms with van der Waals surface area (Å²) in [6.45, 7) is 1.46. The fourth-order valence-corrected chi connectivity index (χ4v) is 7.63. The summed E-state index contributed by atoms with van der Waals surface area (Å²) >= 11 is 13.6. The number of ketones is 1. The van der Waals surface area contributed by atoms with Gasteiger partial charge in [0.15, 0.2) is 5.78 Å². The third kappa shape index (κ3) is 3.65. The van der Waals surface area contributed by atoms with E-state index >= 15 is 0 Å². The van der Waals surface area contributed by atoms with Gasteiger partial charge in [-0.3, -0.25) is 19.2 Å². The van der Waals surface area contributed by atoms with Crippen molar-refractivity contribution >= 4 is 67.0 Å². The van der Waals surface area contributed by atoms with Crippen LogP contribution in [0.2, 0.25) is 5.02 Å². The van der Waals surface area contributed by atoms with Gasteiger partial charge in [0.1, 0.15) is 6.54 Å². The molecule has 1 aliphatic heterocycles. The van der Waals surface area contributed by atoms with Crippen molar-refractivity contribution in [2.45, 2.75) is 23.0 Å². The Labute approximate surface area is 218 Å². The van der Waals surface area contributed by atoms with Crippen molar-refractivity contribution in [3.8, 4) is 0 Å².